The Morgan fingerprint density at radius 1 is 1.11 bits per heavy atom. The Morgan fingerprint density at radius 2 is 1.74 bits per heavy atom. The number of anilines is 1. The van der Waals surface area contributed by atoms with Crippen LogP contribution in [-0.4, -0.2) is 17.8 Å². The summed E-state index contributed by atoms with van der Waals surface area (Å²) in [4.78, 5) is 0. The highest BCUT2D eigenvalue weighted by atomic mass is 16.2. The number of aliphatic hydroxyl groups is 1. The van der Waals surface area contributed by atoms with Crippen LogP contribution in [0.15, 0.2) is 24.3 Å². The van der Waals surface area contributed by atoms with Crippen molar-refractivity contribution in [3.8, 4) is 0 Å². The first-order valence-corrected chi connectivity index (χ1v) is 7.65. The minimum atomic E-state index is 0.228. The quantitative estimate of drug-likeness (QED) is 0.844. The Morgan fingerprint density at radius 3 is 2.26 bits per heavy atom. The smallest absolute Gasteiger partial charge is 0.0471 e. The molecule has 2 N–H and O–H groups in total. The van der Waals surface area contributed by atoms with Crippen molar-refractivity contribution in [2.75, 3.05) is 11.9 Å². The second-order valence-electron chi connectivity index (χ2n) is 6.17. The lowest BCUT2D eigenvalue weighted by atomic mass is 9.79. The van der Waals surface area contributed by atoms with E-state index in [9.17, 15) is 0 Å². The van der Waals surface area contributed by atoms with E-state index in [0.717, 1.165) is 18.3 Å². The van der Waals surface area contributed by atoms with Crippen LogP contribution in [0, 0.1) is 11.8 Å². The Balaban J connectivity index is 1.82. The van der Waals surface area contributed by atoms with Crippen LogP contribution in [0.2, 0.25) is 0 Å². The van der Waals surface area contributed by atoms with Gasteiger partial charge in [0.25, 0.3) is 0 Å². The number of rotatable bonds is 5. The van der Waals surface area contributed by atoms with Crippen LogP contribution in [0.25, 0.3) is 0 Å². The largest absolute Gasteiger partial charge is 0.396 e. The Bertz CT molecular complexity index is 363. The number of benzene rings is 1. The number of hydrogen-bond acceptors (Lipinski definition) is 2. The summed E-state index contributed by atoms with van der Waals surface area (Å²) in [7, 11) is 0. The van der Waals surface area contributed by atoms with Crippen LogP contribution in [0.5, 0.6) is 0 Å². The topological polar surface area (TPSA) is 32.3 Å². The van der Waals surface area contributed by atoms with E-state index in [1.165, 1.54) is 36.9 Å². The Hall–Kier alpha value is -1.02. The average molecular weight is 261 g/mol. The van der Waals surface area contributed by atoms with Gasteiger partial charge in [0.2, 0.25) is 0 Å². The van der Waals surface area contributed by atoms with Gasteiger partial charge in [0, 0.05) is 18.3 Å². The molecule has 0 radical (unpaired) electrons. The molecule has 1 aromatic rings. The first-order valence-electron chi connectivity index (χ1n) is 7.65. The molecule has 0 heterocycles. The zero-order chi connectivity index (χ0) is 13.7. The summed E-state index contributed by atoms with van der Waals surface area (Å²) in [6.07, 6.45) is 6.05. The zero-order valence-corrected chi connectivity index (χ0v) is 12.2. The molecule has 0 saturated heterocycles. The fourth-order valence-electron chi connectivity index (χ4n) is 3.06. The second kappa shape index (κ2) is 6.95. The molecule has 0 atom stereocenters. The molecule has 19 heavy (non-hydrogen) atoms. The molecule has 0 amide bonds. The molecule has 0 unspecified atom stereocenters. The van der Waals surface area contributed by atoms with Crippen LogP contribution >= 0.6 is 0 Å². The number of nitrogens with one attached hydrogen (secondary N) is 1. The summed E-state index contributed by atoms with van der Waals surface area (Å²) in [6.45, 7) is 4.92. The van der Waals surface area contributed by atoms with Gasteiger partial charge in [0.05, 0.1) is 0 Å². The monoisotopic (exact) mass is 261 g/mol. The van der Waals surface area contributed by atoms with Crippen LogP contribution in [0.1, 0.15) is 45.1 Å². The molecule has 0 aliphatic heterocycles. The molecular weight excluding hydrogens is 234 g/mol. The van der Waals surface area contributed by atoms with Crippen LogP contribution in [0.4, 0.5) is 5.69 Å². The van der Waals surface area contributed by atoms with Crippen LogP contribution in [-0.2, 0) is 6.42 Å². The summed E-state index contributed by atoms with van der Waals surface area (Å²) in [5, 5.41) is 12.6. The highest BCUT2D eigenvalue weighted by molar-refractivity contribution is 5.45. The Labute approximate surface area is 117 Å². The van der Waals surface area contributed by atoms with Gasteiger partial charge in [-0.15, -0.1) is 0 Å². The lowest BCUT2D eigenvalue weighted by molar-refractivity contribution is 0.267. The maximum absolute atomic E-state index is 8.90. The maximum Gasteiger partial charge on any atom is 0.0471 e. The predicted octanol–water partition coefficient (Wildman–Crippen LogP) is 3.85. The van der Waals surface area contributed by atoms with Gasteiger partial charge < -0.3 is 10.4 Å². The van der Waals surface area contributed by atoms with Crippen molar-refractivity contribution < 1.29 is 5.11 Å². The van der Waals surface area contributed by atoms with E-state index in [1.54, 1.807) is 0 Å². The minimum Gasteiger partial charge on any atom is -0.396 e. The molecule has 2 rings (SSSR count). The fourth-order valence-corrected chi connectivity index (χ4v) is 3.06. The van der Waals surface area contributed by atoms with E-state index in [-0.39, 0.29) is 6.61 Å². The molecule has 1 aliphatic carbocycles. The van der Waals surface area contributed by atoms with E-state index >= 15 is 0 Å². The van der Waals surface area contributed by atoms with E-state index < -0.39 is 0 Å². The Kier molecular flexibility index (Phi) is 5.26. The van der Waals surface area contributed by atoms with E-state index in [0.29, 0.717) is 6.04 Å². The van der Waals surface area contributed by atoms with Crippen molar-refractivity contribution in [3.63, 3.8) is 0 Å². The molecule has 2 heteroatoms. The summed E-state index contributed by atoms with van der Waals surface area (Å²) in [5.41, 5.74) is 2.42. The molecule has 2 nitrogen and oxygen atoms in total. The van der Waals surface area contributed by atoms with Crippen molar-refractivity contribution in [2.45, 2.75) is 52.0 Å². The first kappa shape index (κ1) is 14.4. The number of aliphatic hydroxyl groups excluding tert-OH is 1. The third kappa shape index (κ3) is 4.24. The van der Waals surface area contributed by atoms with Crippen molar-refractivity contribution in [2.24, 2.45) is 11.8 Å². The molecule has 1 saturated carbocycles. The van der Waals surface area contributed by atoms with E-state index in [1.807, 2.05) is 0 Å². The second-order valence-corrected chi connectivity index (χ2v) is 6.17. The summed E-state index contributed by atoms with van der Waals surface area (Å²) < 4.78 is 0. The third-order valence-corrected chi connectivity index (χ3v) is 4.44. The van der Waals surface area contributed by atoms with Gasteiger partial charge in [-0.05, 0) is 61.6 Å². The van der Waals surface area contributed by atoms with Gasteiger partial charge in [-0.2, -0.15) is 0 Å². The van der Waals surface area contributed by atoms with Crippen molar-refractivity contribution in [1.82, 2.24) is 0 Å². The van der Waals surface area contributed by atoms with Gasteiger partial charge >= 0.3 is 0 Å². The highest BCUT2D eigenvalue weighted by Gasteiger charge is 2.22. The maximum atomic E-state index is 8.90. The molecular formula is C17H27NO. The summed E-state index contributed by atoms with van der Waals surface area (Å²) in [6, 6.07) is 9.13. The minimum absolute atomic E-state index is 0.228. The van der Waals surface area contributed by atoms with E-state index in [2.05, 4.69) is 43.4 Å². The summed E-state index contributed by atoms with van der Waals surface area (Å²) >= 11 is 0. The van der Waals surface area contributed by atoms with Crippen LogP contribution < -0.4 is 5.32 Å². The van der Waals surface area contributed by atoms with E-state index in [4.69, 9.17) is 5.11 Å². The predicted molar refractivity (Wildman–Crippen MR) is 81.4 cm³/mol. The van der Waals surface area contributed by atoms with Gasteiger partial charge in [-0.3, -0.25) is 0 Å². The van der Waals surface area contributed by atoms with Gasteiger partial charge in [0.15, 0.2) is 0 Å². The standard InChI is InChI=1S/C17H27NO/c1-13(2)15-5-9-17(10-6-15)18-16-7-3-14(4-8-16)11-12-19/h3-4,7-8,13,15,17-19H,5-6,9-12H2,1-2H3. The third-order valence-electron chi connectivity index (χ3n) is 4.44. The number of hydrogen-bond donors (Lipinski definition) is 2. The van der Waals surface area contributed by atoms with Crippen molar-refractivity contribution >= 4 is 5.69 Å². The normalized spacial score (nSPS) is 23.6. The molecule has 1 fully saturated rings. The van der Waals surface area contributed by atoms with Crippen molar-refractivity contribution in [3.05, 3.63) is 29.8 Å². The van der Waals surface area contributed by atoms with Crippen LogP contribution in [0.3, 0.4) is 0 Å². The lowest BCUT2D eigenvalue weighted by Gasteiger charge is -2.31. The molecule has 1 aliphatic rings. The average Bonchev–Trinajstić information content (AvgIpc) is 2.42. The molecule has 1 aromatic carbocycles. The first-order chi connectivity index (χ1) is 9.19. The molecule has 0 bridgehead atoms. The molecule has 0 spiro atoms. The summed E-state index contributed by atoms with van der Waals surface area (Å²) in [5.74, 6) is 1.75. The molecule has 0 aromatic heterocycles. The van der Waals surface area contributed by atoms with Gasteiger partial charge in [0.1, 0.15) is 0 Å². The fraction of sp³-hybridized carbons (Fsp3) is 0.647. The highest BCUT2D eigenvalue weighted by Crippen LogP contribution is 2.31. The lowest BCUT2D eigenvalue weighted by Crippen LogP contribution is -2.27. The van der Waals surface area contributed by atoms with Gasteiger partial charge in [-0.25, -0.2) is 0 Å². The van der Waals surface area contributed by atoms with Gasteiger partial charge in [-0.1, -0.05) is 26.0 Å². The zero-order valence-electron chi connectivity index (χ0n) is 12.2. The molecule has 106 valence electrons. The van der Waals surface area contributed by atoms with Crippen molar-refractivity contribution in [1.29, 1.82) is 0 Å². The SMILES string of the molecule is CC(C)C1CCC(Nc2ccc(CCO)cc2)CC1.